The highest BCUT2D eigenvalue weighted by Gasteiger charge is 2.15. The van der Waals surface area contributed by atoms with E-state index in [-0.39, 0.29) is 12.1 Å². The zero-order valence-electron chi connectivity index (χ0n) is 10.7. The minimum atomic E-state index is -0.0806. The number of ether oxygens (including phenoxy) is 1. The summed E-state index contributed by atoms with van der Waals surface area (Å²) >= 11 is 0. The van der Waals surface area contributed by atoms with E-state index in [0.29, 0.717) is 12.3 Å². The second-order valence-corrected chi connectivity index (χ2v) is 4.38. The lowest BCUT2D eigenvalue weighted by atomic mass is 9.98. The molecule has 2 nitrogen and oxygen atoms in total. The molecule has 0 rings (SSSR count). The lowest BCUT2D eigenvalue weighted by Crippen LogP contribution is -2.21. The van der Waals surface area contributed by atoms with Gasteiger partial charge in [0.05, 0.1) is 0 Å². The minimum Gasteiger partial charge on any atom is -0.462 e. The number of unbranched alkanes of at least 4 members (excludes halogenated alkanes) is 3. The van der Waals surface area contributed by atoms with Crippen molar-refractivity contribution in [2.75, 3.05) is 0 Å². The molecule has 15 heavy (non-hydrogen) atoms. The molecule has 0 N–H and O–H groups in total. The molecular weight excluding hydrogens is 188 g/mol. The molecule has 0 saturated carbocycles. The van der Waals surface area contributed by atoms with Gasteiger partial charge in [-0.3, -0.25) is 4.79 Å². The van der Waals surface area contributed by atoms with Gasteiger partial charge in [-0.25, -0.2) is 0 Å². The van der Waals surface area contributed by atoms with Crippen LogP contribution >= 0.6 is 0 Å². The van der Waals surface area contributed by atoms with Crippen molar-refractivity contribution in [2.24, 2.45) is 5.92 Å². The van der Waals surface area contributed by atoms with E-state index in [1.54, 1.807) is 0 Å². The van der Waals surface area contributed by atoms with E-state index >= 15 is 0 Å². The number of carbonyl (C=O) groups is 1. The largest absolute Gasteiger partial charge is 0.462 e. The lowest BCUT2D eigenvalue weighted by Gasteiger charge is -2.20. The number of rotatable bonds is 8. The second kappa shape index (κ2) is 8.75. The third kappa shape index (κ3) is 7.40. The van der Waals surface area contributed by atoms with Crippen molar-refractivity contribution in [1.82, 2.24) is 0 Å². The fourth-order valence-corrected chi connectivity index (χ4v) is 1.53. The molecule has 0 aliphatic heterocycles. The van der Waals surface area contributed by atoms with Gasteiger partial charge in [0.1, 0.15) is 6.10 Å². The standard InChI is InChI=1S/C13H26O2/c1-5-7-8-9-10-11(3)12(4)15-13(14)6-2/h11-12H,5-10H2,1-4H3. The van der Waals surface area contributed by atoms with Crippen molar-refractivity contribution in [3.63, 3.8) is 0 Å². The zero-order chi connectivity index (χ0) is 11.7. The summed E-state index contributed by atoms with van der Waals surface area (Å²) in [6.45, 7) is 8.22. The van der Waals surface area contributed by atoms with E-state index in [2.05, 4.69) is 13.8 Å². The molecule has 0 amide bonds. The summed E-state index contributed by atoms with van der Waals surface area (Å²) in [5.41, 5.74) is 0. The third-order valence-electron chi connectivity index (χ3n) is 2.92. The van der Waals surface area contributed by atoms with Crippen LogP contribution in [0.25, 0.3) is 0 Å². The quantitative estimate of drug-likeness (QED) is 0.452. The zero-order valence-corrected chi connectivity index (χ0v) is 10.7. The smallest absolute Gasteiger partial charge is 0.305 e. The van der Waals surface area contributed by atoms with Crippen molar-refractivity contribution < 1.29 is 9.53 Å². The van der Waals surface area contributed by atoms with E-state index in [0.717, 1.165) is 6.42 Å². The van der Waals surface area contributed by atoms with Crippen molar-refractivity contribution in [3.8, 4) is 0 Å². The van der Waals surface area contributed by atoms with Crippen LogP contribution in [-0.2, 0) is 9.53 Å². The number of carbonyl (C=O) groups excluding carboxylic acids is 1. The maximum absolute atomic E-state index is 11.1. The van der Waals surface area contributed by atoms with Crippen molar-refractivity contribution >= 4 is 5.97 Å². The van der Waals surface area contributed by atoms with Crippen LogP contribution in [0.2, 0.25) is 0 Å². The van der Waals surface area contributed by atoms with Crippen molar-refractivity contribution in [2.45, 2.75) is 72.3 Å². The Morgan fingerprint density at radius 1 is 1.13 bits per heavy atom. The monoisotopic (exact) mass is 214 g/mol. The van der Waals surface area contributed by atoms with Gasteiger partial charge in [-0.05, 0) is 19.3 Å². The molecule has 0 aromatic heterocycles. The Hall–Kier alpha value is -0.530. The van der Waals surface area contributed by atoms with Crippen LogP contribution in [0.15, 0.2) is 0 Å². The average molecular weight is 214 g/mol. The Balaban J connectivity index is 3.59. The Kier molecular flexibility index (Phi) is 8.44. The van der Waals surface area contributed by atoms with E-state index < -0.39 is 0 Å². The summed E-state index contributed by atoms with van der Waals surface area (Å²) < 4.78 is 5.28. The van der Waals surface area contributed by atoms with Crippen LogP contribution in [0.5, 0.6) is 0 Å². The predicted octanol–water partition coefficient (Wildman–Crippen LogP) is 3.93. The first-order valence-electron chi connectivity index (χ1n) is 6.31. The molecular formula is C13H26O2. The van der Waals surface area contributed by atoms with E-state index in [9.17, 15) is 4.79 Å². The summed E-state index contributed by atoms with van der Waals surface area (Å²) in [6.07, 6.45) is 6.85. The Morgan fingerprint density at radius 3 is 2.33 bits per heavy atom. The average Bonchev–Trinajstić information content (AvgIpc) is 2.23. The van der Waals surface area contributed by atoms with Crippen LogP contribution in [0.4, 0.5) is 0 Å². The third-order valence-corrected chi connectivity index (χ3v) is 2.92. The first-order valence-corrected chi connectivity index (χ1v) is 6.31. The molecule has 2 atom stereocenters. The van der Waals surface area contributed by atoms with Crippen molar-refractivity contribution in [1.29, 1.82) is 0 Å². The maximum Gasteiger partial charge on any atom is 0.305 e. The van der Waals surface area contributed by atoms with Gasteiger partial charge in [0.25, 0.3) is 0 Å². The first kappa shape index (κ1) is 14.5. The molecule has 0 aliphatic rings. The fourth-order valence-electron chi connectivity index (χ4n) is 1.53. The van der Waals surface area contributed by atoms with Gasteiger partial charge in [0, 0.05) is 6.42 Å². The van der Waals surface area contributed by atoms with Crippen LogP contribution in [0, 0.1) is 5.92 Å². The van der Waals surface area contributed by atoms with Crippen LogP contribution in [0.3, 0.4) is 0 Å². The van der Waals surface area contributed by atoms with Gasteiger partial charge in [0.2, 0.25) is 0 Å². The normalized spacial score (nSPS) is 14.7. The molecule has 2 unspecified atom stereocenters. The highest BCUT2D eigenvalue weighted by molar-refractivity contribution is 5.69. The molecule has 0 radical (unpaired) electrons. The lowest BCUT2D eigenvalue weighted by molar-refractivity contribution is -0.150. The molecule has 0 bridgehead atoms. The summed E-state index contributed by atoms with van der Waals surface area (Å²) in [7, 11) is 0. The van der Waals surface area contributed by atoms with Gasteiger partial charge in [-0.15, -0.1) is 0 Å². The molecule has 0 heterocycles. The second-order valence-electron chi connectivity index (χ2n) is 4.38. The predicted molar refractivity (Wildman–Crippen MR) is 63.8 cm³/mol. The van der Waals surface area contributed by atoms with Crippen LogP contribution < -0.4 is 0 Å². The van der Waals surface area contributed by atoms with E-state index in [1.807, 2.05) is 13.8 Å². The molecule has 0 aliphatic carbocycles. The highest BCUT2D eigenvalue weighted by atomic mass is 16.5. The first-order chi connectivity index (χ1) is 7.11. The van der Waals surface area contributed by atoms with Crippen molar-refractivity contribution in [3.05, 3.63) is 0 Å². The molecule has 0 aromatic carbocycles. The number of hydrogen-bond donors (Lipinski definition) is 0. The van der Waals surface area contributed by atoms with Gasteiger partial charge >= 0.3 is 5.97 Å². The Morgan fingerprint density at radius 2 is 1.80 bits per heavy atom. The van der Waals surface area contributed by atoms with Gasteiger partial charge in [-0.1, -0.05) is 46.5 Å². The minimum absolute atomic E-state index is 0.0686. The van der Waals surface area contributed by atoms with E-state index in [1.165, 1.54) is 25.7 Å². The summed E-state index contributed by atoms with van der Waals surface area (Å²) in [4.78, 5) is 11.1. The molecule has 0 fully saturated rings. The van der Waals surface area contributed by atoms with Gasteiger partial charge in [0.15, 0.2) is 0 Å². The fraction of sp³-hybridized carbons (Fsp3) is 0.923. The molecule has 0 saturated heterocycles. The number of esters is 1. The molecule has 0 aromatic rings. The summed E-state index contributed by atoms with van der Waals surface area (Å²) in [6, 6.07) is 0. The summed E-state index contributed by atoms with van der Waals surface area (Å²) in [5, 5.41) is 0. The molecule has 0 spiro atoms. The van der Waals surface area contributed by atoms with Crippen LogP contribution in [0.1, 0.15) is 66.2 Å². The van der Waals surface area contributed by atoms with Crippen LogP contribution in [-0.4, -0.2) is 12.1 Å². The number of hydrogen-bond acceptors (Lipinski definition) is 2. The van der Waals surface area contributed by atoms with Gasteiger partial charge < -0.3 is 4.74 Å². The van der Waals surface area contributed by atoms with Gasteiger partial charge in [-0.2, -0.15) is 0 Å². The van der Waals surface area contributed by atoms with E-state index in [4.69, 9.17) is 4.74 Å². The SMILES string of the molecule is CCCCCCC(C)C(C)OC(=O)CC. The Bertz CT molecular complexity index is 166. The molecule has 90 valence electrons. The molecule has 2 heteroatoms. The Labute approximate surface area is 94.4 Å². The summed E-state index contributed by atoms with van der Waals surface area (Å²) in [5.74, 6) is 0.403. The topological polar surface area (TPSA) is 26.3 Å². The maximum atomic E-state index is 11.1. The highest BCUT2D eigenvalue weighted by Crippen LogP contribution is 2.16.